The van der Waals surface area contributed by atoms with Crippen LogP contribution in [0, 0.1) is 5.41 Å². The molecule has 64 valence electrons. The summed E-state index contributed by atoms with van der Waals surface area (Å²) in [5.41, 5.74) is 0.545. The standard InChI is InChI=1S/C9H17NO/c1-10-7-6-8(11-2)9(7)4-3-5-9/h7-8,10H,3-6H2,1-2H3/t7-,8+/m1/s1. The molecule has 2 heteroatoms. The highest BCUT2D eigenvalue weighted by molar-refractivity contribution is 5.11. The zero-order valence-electron chi connectivity index (χ0n) is 7.39. The van der Waals surface area contributed by atoms with Crippen molar-refractivity contribution in [3.63, 3.8) is 0 Å². The van der Waals surface area contributed by atoms with Gasteiger partial charge in [0.25, 0.3) is 0 Å². The third-order valence-corrected chi connectivity index (χ3v) is 3.70. The van der Waals surface area contributed by atoms with Crippen molar-refractivity contribution in [3.05, 3.63) is 0 Å². The number of rotatable bonds is 2. The molecule has 0 unspecified atom stereocenters. The fourth-order valence-electron chi connectivity index (χ4n) is 2.74. The van der Waals surface area contributed by atoms with E-state index in [1.165, 1.54) is 25.7 Å². The van der Waals surface area contributed by atoms with E-state index in [4.69, 9.17) is 4.74 Å². The van der Waals surface area contributed by atoms with E-state index in [0.717, 1.165) is 6.04 Å². The van der Waals surface area contributed by atoms with Crippen molar-refractivity contribution >= 4 is 0 Å². The molecule has 0 aromatic heterocycles. The van der Waals surface area contributed by atoms with Crippen LogP contribution in [0.3, 0.4) is 0 Å². The minimum Gasteiger partial charge on any atom is -0.381 e. The van der Waals surface area contributed by atoms with Gasteiger partial charge in [0.1, 0.15) is 0 Å². The molecule has 0 aromatic carbocycles. The second-order valence-electron chi connectivity index (χ2n) is 3.89. The van der Waals surface area contributed by atoms with Crippen LogP contribution in [-0.2, 0) is 4.74 Å². The Morgan fingerprint density at radius 1 is 1.45 bits per heavy atom. The first-order valence-corrected chi connectivity index (χ1v) is 4.53. The van der Waals surface area contributed by atoms with Crippen LogP contribution in [0.4, 0.5) is 0 Å². The Kier molecular flexibility index (Phi) is 1.69. The molecule has 2 fully saturated rings. The van der Waals surface area contributed by atoms with Crippen LogP contribution in [0.15, 0.2) is 0 Å². The maximum absolute atomic E-state index is 5.44. The van der Waals surface area contributed by atoms with Crippen LogP contribution in [0.1, 0.15) is 25.7 Å². The van der Waals surface area contributed by atoms with E-state index < -0.39 is 0 Å². The van der Waals surface area contributed by atoms with Gasteiger partial charge >= 0.3 is 0 Å². The maximum atomic E-state index is 5.44. The SMILES string of the molecule is CN[C@@H]1C[C@H](OC)C12CCC2. The molecule has 0 saturated heterocycles. The lowest BCUT2D eigenvalue weighted by Crippen LogP contribution is -2.65. The van der Waals surface area contributed by atoms with E-state index in [0.29, 0.717) is 11.5 Å². The Labute approximate surface area is 68.3 Å². The van der Waals surface area contributed by atoms with Crippen molar-refractivity contribution in [2.24, 2.45) is 5.41 Å². The molecule has 0 heterocycles. The van der Waals surface area contributed by atoms with Gasteiger partial charge in [0.15, 0.2) is 0 Å². The average molecular weight is 155 g/mol. The lowest BCUT2D eigenvalue weighted by molar-refractivity contribution is -0.159. The summed E-state index contributed by atoms with van der Waals surface area (Å²) in [5.74, 6) is 0. The van der Waals surface area contributed by atoms with Gasteiger partial charge in [0.05, 0.1) is 6.10 Å². The molecular formula is C9H17NO. The van der Waals surface area contributed by atoms with Gasteiger partial charge in [-0.05, 0) is 26.3 Å². The van der Waals surface area contributed by atoms with E-state index in [9.17, 15) is 0 Å². The summed E-state index contributed by atoms with van der Waals surface area (Å²) in [7, 11) is 3.91. The molecule has 0 bridgehead atoms. The first-order valence-electron chi connectivity index (χ1n) is 4.53. The summed E-state index contributed by atoms with van der Waals surface area (Å²) in [4.78, 5) is 0. The van der Waals surface area contributed by atoms with Crippen LogP contribution < -0.4 is 5.32 Å². The summed E-state index contributed by atoms with van der Waals surface area (Å²) in [6.45, 7) is 0. The van der Waals surface area contributed by atoms with Gasteiger partial charge in [-0.2, -0.15) is 0 Å². The van der Waals surface area contributed by atoms with E-state index in [1.54, 1.807) is 0 Å². The molecule has 2 atom stereocenters. The first kappa shape index (κ1) is 7.56. The fraction of sp³-hybridized carbons (Fsp3) is 1.00. The summed E-state index contributed by atoms with van der Waals surface area (Å²) in [6.07, 6.45) is 5.91. The van der Waals surface area contributed by atoms with Gasteiger partial charge in [-0.15, -0.1) is 0 Å². The van der Waals surface area contributed by atoms with E-state index >= 15 is 0 Å². The molecule has 1 spiro atoms. The van der Waals surface area contributed by atoms with E-state index in [-0.39, 0.29) is 0 Å². The predicted octanol–water partition coefficient (Wildman–Crippen LogP) is 1.16. The van der Waals surface area contributed by atoms with Crippen molar-refractivity contribution in [2.45, 2.75) is 37.8 Å². The van der Waals surface area contributed by atoms with E-state index in [1.807, 2.05) is 7.11 Å². The highest BCUT2D eigenvalue weighted by Crippen LogP contribution is 2.56. The molecule has 2 nitrogen and oxygen atoms in total. The molecule has 0 aromatic rings. The van der Waals surface area contributed by atoms with Crippen LogP contribution >= 0.6 is 0 Å². The molecular weight excluding hydrogens is 138 g/mol. The Morgan fingerprint density at radius 3 is 2.55 bits per heavy atom. The van der Waals surface area contributed by atoms with Gasteiger partial charge < -0.3 is 10.1 Å². The maximum Gasteiger partial charge on any atom is 0.0657 e. The van der Waals surface area contributed by atoms with Gasteiger partial charge in [-0.25, -0.2) is 0 Å². The molecule has 11 heavy (non-hydrogen) atoms. The molecule has 2 rings (SSSR count). The Hall–Kier alpha value is -0.0800. The predicted molar refractivity (Wildman–Crippen MR) is 44.5 cm³/mol. The topological polar surface area (TPSA) is 21.3 Å². The number of hydrogen-bond acceptors (Lipinski definition) is 2. The van der Waals surface area contributed by atoms with E-state index in [2.05, 4.69) is 12.4 Å². The zero-order valence-corrected chi connectivity index (χ0v) is 7.39. The van der Waals surface area contributed by atoms with Crippen LogP contribution in [0.2, 0.25) is 0 Å². The van der Waals surface area contributed by atoms with Gasteiger partial charge in [-0.3, -0.25) is 0 Å². The molecule has 0 aliphatic heterocycles. The van der Waals surface area contributed by atoms with Crippen LogP contribution in [0.5, 0.6) is 0 Å². The average Bonchev–Trinajstić information content (AvgIpc) is 1.84. The third kappa shape index (κ3) is 0.798. The molecule has 2 aliphatic carbocycles. The van der Waals surface area contributed by atoms with Crippen LogP contribution in [0.25, 0.3) is 0 Å². The molecule has 0 radical (unpaired) electrons. The Balaban J connectivity index is 2.01. The van der Waals surface area contributed by atoms with Gasteiger partial charge in [0, 0.05) is 18.6 Å². The zero-order chi connectivity index (χ0) is 7.90. The number of ether oxygens (including phenoxy) is 1. The molecule has 2 aliphatic rings. The summed E-state index contributed by atoms with van der Waals surface area (Å²) in [6, 6.07) is 0.737. The lowest BCUT2D eigenvalue weighted by Gasteiger charge is -2.60. The largest absolute Gasteiger partial charge is 0.381 e. The van der Waals surface area contributed by atoms with Gasteiger partial charge in [-0.1, -0.05) is 6.42 Å². The highest BCUT2D eigenvalue weighted by atomic mass is 16.5. The number of nitrogens with one attached hydrogen (secondary N) is 1. The molecule has 0 amide bonds. The van der Waals surface area contributed by atoms with Crippen LogP contribution in [-0.4, -0.2) is 26.3 Å². The monoisotopic (exact) mass is 155 g/mol. The Bertz CT molecular complexity index is 142. The minimum absolute atomic E-state index is 0.545. The normalized spacial score (nSPS) is 39.8. The van der Waals surface area contributed by atoms with Crippen molar-refractivity contribution in [3.8, 4) is 0 Å². The van der Waals surface area contributed by atoms with Crippen molar-refractivity contribution < 1.29 is 4.74 Å². The number of methoxy groups -OCH3 is 1. The number of hydrogen-bond donors (Lipinski definition) is 1. The highest BCUT2D eigenvalue weighted by Gasteiger charge is 2.57. The molecule has 1 N–H and O–H groups in total. The third-order valence-electron chi connectivity index (χ3n) is 3.70. The second kappa shape index (κ2) is 2.46. The van der Waals surface area contributed by atoms with Crippen molar-refractivity contribution in [2.75, 3.05) is 14.2 Å². The van der Waals surface area contributed by atoms with Crippen molar-refractivity contribution in [1.29, 1.82) is 0 Å². The summed E-state index contributed by atoms with van der Waals surface area (Å²) < 4.78 is 5.44. The summed E-state index contributed by atoms with van der Waals surface area (Å²) in [5, 5.41) is 3.38. The van der Waals surface area contributed by atoms with Crippen molar-refractivity contribution in [1.82, 2.24) is 5.32 Å². The molecule has 2 saturated carbocycles. The quantitative estimate of drug-likeness (QED) is 0.646. The summed E-state index contributed by atoms with van der Waals surface area (Å²) >= 11 is 0. The minimum atomic E-state index is 0.545. The fourth-order valence-corrected chi connectivity index (χ4v) is 2.74. The lowest BCUT2D eigenvalue weighted by atomic mass is 9.51. The smallest absolute Gasteiger partial charge is 0.0657 e. The first-order chi connectivity index (χ1) is 5.33. The Morgan fingerprint density at radius 2 is 2.18 bits per heavy atom. The second-order valence-corrected chi connectivity index (χ2v) is 3.89. The van der Waals surface area contributed by atoms with Gasteiger partial charge in [0.2, 0.25) is 0 Å².